The quantitative estimate of drug-likeness (QED) is 0.868. The number of nitrogens with one attached hydrogen (secondary N) is 1. The number of halogens is 2. The molecule has 19 heavy (non-hydrogen) atoms. The Balaban J connectivity index is 2.15. The van der Waals surface area contributed by atoms with E-state index in [4.69, 9.17) is 23.2 Å². The number of nitrogens with zero attached hydrogens (tertiary/aromatic N) is 2. The van der Waals surface area contributed by atoms with E-state index in [1.54, 1.807) is 12.1 Å². The first-order valence-electron chi connectivity index (χ1n) is 5.60. The van der Waals surface area contributed by atoms with Crippen molar-refractivity contribution in [2.45, 2.75) is 6.04 Å². The molecule has 0 aliphatic carbocycles. The molecule has 2 rings (SSSR count). The Morgan fingerprint density at radius 3 is 2.89 bits per heavy atom. The molecule has 0 bridgehead atoms. The van der Waals surface area contributed by atoms with E-state index in [0.29, 0.717) is 22.5 Å². The number of likely N-dealkylation sites (N-methyl/N-ethyl adjacent to an activating group) is 1. The number of hydrogen-bond donors (Lipinski definition) is 1. The Kier molecular flexibility index (Phi) is 4.17. The molecular weight excluding hydrogens is 289 g/mol. The highest BCUT2D eigenvalue weighted by molar-refractivity contribution is 6.35. The predicted octanol–water partition coefficient (Wildman–Crippen LogP) is 2.69. The molecule has 0 spiro atoms. The van der Waals surface area contributed by atoms with Gasteiger partial charge in [-0.15, -0.1) is 0 Å². The van der Waals surface area contributed by atoms with Crippen molar-refractivity contribution in [3.63, 3.8) is 0 Å². The van der Waals surface area contributed by atoms with Crippen molar-refractivity contribution in [2.75, 3.05) is 20.7 Å². The maximum atomic E-state index is 11.2. The Hall–Kier alpha value is -1.46. The molecule has 0 radical (unpaired) electrons. The number of benzene rings is 1. The van der Waals surface area contributed by atoms with Crippen molar-refractivity contribution in [2.24, 2.45) is 4.99 Å². The molecule has 1 aromatic carbocycles. The first-order chi connectivity index (χ1) is 9.02. The van der Waals surface area contributed by atoms with E-state index in [1.807, 2.05) is 18.0 Å². The van der Waals surface area contributed by atoms with Crippen LogP contribution in [0.2, 0.25) is 10.0 Å². The maximum Gasteiger partial charge on any atom is 0.413 e. The first-order valence-corrected chi connectivity index (χ1v) is 6.35. The lowest BCUT2D eigenvalue weighted by atomic mass is 10.1. The molecule has 5 nitrogen and oxygen atoms in total. The highest BCUT2D eigenvalue weighted by Crippen LogP contribution is 2.31. The van der Waals surface area contributed by atoms with Crippen molar-refractivity contribution in [1.29, 1.82) is 0 Å². The number of rotatable bonds is 1. The summed E-state index contributed by atoms with van der Waals surface area (Å²) < 4.78 is 4.54. The molecule has 1 aliphatic rings. The molecule has 0 saturated carbocycles. The number of carbonyl (C=O) groups excluding carboxylic acids is 1. The third kappa shape index (κ3) is 2.93. The largest absolute Gasteiger partial charge is 0.453 e. The number of methoxy groups -OCH3 is 1. The van der Waals surface area contributed by atoms with Crippen LogP contribution in [0.25, 0.3) is 0 Å². The third-order valence-electron chi connectivity index (χ3n) is 2.94. The molecule has 1 N–H and O–H groups in total. The van der Waals surface area contributed by atoms with Gasteiger partial charge in [-0.25, -0.2) is 4.79 Å². The number of alkyl carbamates (subject to hydrolysis) is 1. The molecule has 0 aromatic heterocycles. The molecule has 0 fully saturated rings. The summed E-state index contributed by atoms with van der Waals surface area (Å²) in [4.78, 5) is 17.3. The molecule has 0 saturated heterocycles. The van der Waals surface area contributed by atoms with E-state index >= 15 is 0 Å². The van der Waals surface area contributed by atoms with Gasteiger partial charge in [-0.3, -0.25) is 10.3 Å². The van der Waals surface area contributed by atoms with Crippen LogP contribution in [0.1, 0.15) is 11.6 Å². The van der Waals surface area contributed by atoms with Crippen LogP contribution < -0.4 is 5.32 Å². The van der Waals surface area contributed by atoms with E-state index in [1.165, 1.54) is 7.11 Å². The van der Waals surface area contributed by atoms with E-state index in [9.17, 15) is 4.79 Å². The zero-order valence-corrected chi connectivity index (χ0v) is 12.0. The summed E-state index contributed by atoms with van der Waals surface area (Å²) in [5.74, 6) is 0.461. The van der Waals surface area contributed by atoms with Gasteiger partial charge in [0.25, 0.3) is 0 Å². The molecule has 102 valence electrons. The summed E-state index contributed by atoms with van der Waals surface area (Å²) in [6, 6.07) is 5.31. The summed E-state index contributed by atoms with van der Waals surface area (Å²) in [6.07, 6.45) is -0.548. The fourth-order valence-electron chi connectivity index (χ4n) is 1.90. The minimum atomic E-state index is -0.548. The van der Waals surface area contributed by atoms with Gasteiger partial charge in [-0.2, -0.15) is 0 Å². The van der Waals surface area contributed by atoms with Crippen molar-refractivity contribution < 1.29 is 9.53 Å². The van der Waals surface area contributed by atoms with Gasteiger partial charge in [0, 0.05) is 17.1 Å². The number of amides is 1. The van der Waals surface area contributed by atoms with Crippen molar-refractivity contribution in [3.8, 4) is 0 Å². The Bertz CT molecular complexity index is 534. The molecule has 1 heterocycles. The maximum absolute atomic E-state index is 11.2. The highest BCUT2D eigenvalue weighted by atomic mass is 35.5. The van der Waals surface area contributed by atoms with Crippen LogP contribution in [-0.2, 0) is 4.74 Å². The average Bonchev–Trinajstić information content (AvgIpc) is 2.71. The monoisotopic (exact) mass is 301 g/mol. The molecule has 1 amide bonds. The minimum absolute atomic E-state index is 0.0306. The van der Waals surface area contributed by atoms with Gasteiger partial charge in [-0.1, -0.05) is 29.3 Å². The second kappa shape index (κ2) is 5.67. The Morgan fingerprint density at radius 2 is 2.26 bits per heavy atom. The molecule has 1 aliphatic heterocycles. The summed E-state index contributed by atoms with van der Waals surface area (Å²) in [5, 5.41) is 3.72. The summed E-state index contributed by atoms with van der Waals surface area (Å²) in [7, 11) is 3.13. The van der Waals surface area contributed by atoms with E-state index in [0.717, 1.165) is 5.56 Å². The van der Waals surface area contributed by atoms with Crippen LogP contribution in [0.4, 0.5) is 4.79 Å². The first kappa shape index (κ1) is 14.0. The predicted molar refractivity (Wildman–Crippen MR) is 74.8 cm³/mol. The van der Waals surface area contributed by atoms with Gasteiger partial charge in [-0.05, 0) is 17.7 Å². The fourth-order valence-corrected chi connectivity index (χ4v) is 2.44. The Morgan fingerprint density at radius 1 is 1.53 bits per heavy atom. The summed E-state index contributed by atoms with van der Waals surface area (Å²) in [6.45, 7) is 0.511. The van der Waals surface area contributed by atoms with Crippen molar-refractivity contribution in [3.05, 3.63) is 33.8 Å². The molecule has 7 heteroatoms. The van der Waals surface area contributed by atoms with Crippen LogP contribution >= 0.6 is 23.2 Å². The molecule has 1 unspecified atom stereocenters. The Labute approximate surface area is 121 Å². The zero-order valence-electron chi connectivity index (χ0n) is 10.5. The van der Waals surface area contributed by atoms with Gasteiger partial charge in [0.2, 0.25) is 5.96 Å². The van der Waals surface area contributed by atoms with Crippen molar-refractivity contribution in [1.82, 2.24) is 10.2 Å². The molecule has 1 atom stereocenters. The molecule has 1 aromatic rings. The fraction of sp³-hybridized carbons (Fsp3) is 0.333. The zero-order chi connectivity index (χ0) is 14.0. The number of aliphatic imine (C=N–C) groups is 1. The SMILES string of the molecule is COC(=O)NC1=NCC(c2ccc(Cl)cc2Cl)N1C. The number of hydrogen-bond acceptors (Lipinski definition) is 4. The lowest BCUT2D eigenvalue weighted by molar-refractivity contribution is 0.175. The van der Waals surface area contributed by atoms with Crippen LogP contribution in [-0.4, -0.2) is 37.7 Å². The molecular formula is C12H13Cl2N3O2. The average molecular weight is 302 g/mol. The lowest BCUT2D eigenvalue weighted by Gasteiger charge is -2.24. The van der Waals surface area contributed by atoms with Gasteiger partial charge in [0.1, 0.15) is 0 Å². The smallest absolute Gasteiger partial charge is 0.413 e. The van der Waals surface area contributed by atoms with Crippen LogP contribution in [0.15, 0.2) is 23.2 Å². The second-order valence-electron chi connectivity index (χ2n) is 4.07. The van der Waals surface area contributed by atoms with Crippen LogP contribution in [0, 0.1) is 0 Å². The summed E-state index contributed by atoms with van der Waals surface area (Å²) in [5.41, 5.74) is 0.916. The minimum Gasteiger partial charge on any atom is -0.453 e. The van der Waals surface area contributed by atoms with Crippen molar-refractivity contribution >= 4 is 35.3 Å². The number of ether oxygens (including phenoxy) is 1. The van der Waals surface area contributed by atoms with Gasteiger partial charge < -0.3 is 9.64 Å². The van der Waals surface area contributed by atoms with Crippen LogP contribution in [0.5, 0.6) is 0 Å². The number of carbonyl (C=O) groups is 1. The second-order valence-corrected chi connectivity index (χ2v) is 4.92. The topological polar surface area (TPSA) is 53.9 Å². The number of guanidine groups is 1. The van der Waals surface area contributed by atoms with Gasteiger partial charge in [0.05, 0.1) is 19.7 Å². The standard InChI is InChI=1S/C12H13Cl2N3O2/c1-17-10(6-15-11(17)16-12(18)19-2)8-4-3-7(13)5-9(8)14/h3-5,10H,6H2,1-2H3,(H,15,16,18). The van der Waals surface area contributed by atoms with E-state index < -0.39 is 6.09 Å². The lowest BCUT2D eigenvalue weighted by Crippen LogP contribution is -2.40. The normalized spacial score (nSPS) is 18.2. The van der Waals surface area contributed by atoms with Crippen LogP contribution in [0.3, 0.4) is 0 Å². The van der Waals surface area contributed by atoms with Gasteiger partial charge >= 0.3 is 6.09 Å². The van der Waals surface area contributed by atoms with Gasteiger partial charge in [0.15, 0.2) is 0 Å². The van der Waals surface area contributed by atoms with E-state index in [-0.39, 0.29) is 6.04 Å². The summed E-state index contributed by atoms with van der Waals surface area (Å²) >= 11 is 12.1. The third-order valence-corrected chi connectivity index (χ3v) is 3.50. The van der Waals surface area contributed by atoms with E-state index in [2.05, 4.69) is 15.0 Å². The highest BCUT2D eigenvalue weighted by Gasteiger charge is 2.28.